The molecule has 0 amide bonds. The van der Waals surface area contributed by atoms with Crippen LogP contribution in [0.25, 0.3) is 0 Å². The van der Waals surface area contributed by atoms with Crippen molar-refractivity contribution in [3.63, 3.8) is 0 Å². The van der Waals surface area contributed by atoms with Gasteiger partial charge in [-0.05, 0) is 24.8 Å². The van der Waals surface area contributed by atoms with E-state index in [1.165, 1.54) is 12.7 Å². The predicted octanol–water partition coefficient (Wildman–Crippen LogP) is 2.96. The summed E-state index contributed by atoms with van der Waals surface area (Å²) in [5.74, 6) is -0.692. The maximum Gasteiger partial charge on any atom is 0.311 e. The lowest BCUT2D eigenvalue weighted by Crippen LogP contribution is -2.29. The van der Waals surface area contributed by atoms with Crippen molar-refractivity contribution in [1.82, 2.24) is 0 Å². The maximum atomic E-state index is 11.7. The van der Waals surface area contributed by atoms with E-state index in [4.69, 9.17) is 4.74 Å². The second-order valence-electron chi connectivity index (χ2n) is 4.86. The Hall–Kier alpha value is -1.35. The van der Waals surface area contributed by atoms with Crippen molar-refractivity contribution in [1.29, 1.82) is 0 Å². The summed E-state index contributed by atoms with van der Waals surface area (Å²) in [5.41, 5.74) is 1.18. The molecule has 0 spiro atoms. The van der Waals surface area contributed by atoms with Crippen LogP contribution in [0.5, 0.6) is 0 Å². The summed E-state index contributed by atoms with van der Waals surface area (Å²) in [6.07, 6.45) is 3.38. The van der Waals surface area contributed by atoms with Crippen LogP contribution in [0.15, 0.2) is 30.3 Å². The number of benzene rings is 1. The summed E-state index contributed by atoms with van der Waals surface area (Å²) >= 11 is 0. The molecular formula is C16H24O3. The molecule has 1 rings (SSSR count). The molecule has 0 aliphatic rings. The summed E-state index contributed by atoms with van der Waals surface area (Å²) < 4.78 is 4.78. The number of rotatable bonds is 8. The van der Waals surface area contributed by atoms with Crippen LogP contribution in [-0.4, -0.2) is 24.3 Å². The minimum atomic E-state index is -0.626. The SMILES string of the molecule is CCCCC(C(=O)OC)C(O)CCc1ccccc1. The number of carbonyl (C=O) groups is 1. The fourth-order valence-electron chi connectivity index (χ4n) is 2.20. The van der Waals surface area contributed by atoms with E-state index < -0.39 is 12.0 Å². The Bertz CT molecular complexity index is 362. The van der Waals surface area contributed by atoms with Crippen molar-refractivity contribution in [2.75, 3.05) is 7.11 Å². The zero-order valence-electron chi connectivity index (χ0n) is 11.8. The van der Waals surface area contributed by atoms with Crippen LogP contribution < -0.4 is 0 Å². The lowest BCUT2D eigenvalue weighted by molar-refractivity contribution is -0.150. The van der Waals surface area contributed by atoms with Crippen molar-refractivity contribution in [2.24, 2.45) is 5.92 Å². The third-order valence-electron chi connectivity index (χ3n) is 3.41. The van der Waals surface area contributed by atoms with E-state index in [9.17, 15) is 9.90 Å². The highest BCUT2D eigenvalue weighted by molar-refractivity contribution is 5.72. The Morgan fingerprint density at radius 2 is 1.95 bits per heavy atom. The summed E-state index contributed by atoms with van der Waals surface area (Å²) in [7, 11) is 1.38. The van der Waals surface area contributed by atoms with Crippen LogP contribution >= 0.6 is 0 Å². The van der Waals surface area contributed by atoms with Gasteiger partial charge >= 0.3 is 5.97 Å². The van der Waals surface area contributed by atoms with Crippen LogP contribution in [0, 0.1) is 5.92 Å². The van der Waals surface area contributed by atoms with E-state index in [-0.39, 0.29) is 5.97 Å². The Morgan fingerprint density at radius 1 is 1.26 bits per heavy atom. The van der Waals surface area contributed by atoms with Crippen LogP contribution in [0.2, 0.25) is 0 Å². The molecule has 106 valence electrons. The largest absolute Gasteiger partial charge is 0.469 e. The minimum absolute atomic E-state index is 0.297. The molecule has 0 heterocycles. The van der Waals surface area contributed by atoms with Gasteiger partial charge in [0, 0.05) is 0 Å². The normalized spacial score (nSPS) is 13.8. The molecule has 1 aromatic carbocycles. The maximum absolute atomic E-state index is 11.7. The molecule has 0 saturated heterocycles. The Morgan fingerprint density at radius 3 is 2.53 bits per heavy atom. The summed E-state index contributed by atoms with van der Waals surface area (Å²) in [5, 5.41) is 10.2. The topological polar surface area (TPSA) is 46.5 Å². The number of aliphatic hydroxyl groups excluding tert-OH is 1. The van der Waals surface area contributed by atoms with Crippen molar-refractivity contribution >= 4 is 5.97 Å². The van der Waals surface area contributed by atoms with E-state index in [2.05, 4.69) is 6.92 Å². The van der Waals surface area contributed by atoms with Crippen LogP contribution in [0.1, 0.15) is 38.2 Å². The molecule has 0 radical (unpaired) electrons. The number of hydrogen-bond donors (Lipinski definition) is 1. The minimum Gasteiger partial charge on any atom is -0.469 e. The molecular weight excluding hydrogens is 240 g/mol. The molecule has 3 nitrogen and oxygen atoms in total. The molecule has 1 aromatic rings. The van der Waals surface area contributed by atoms with Gasteiger partial charge in [-0.25, -0.2) is 0 Å². The molecule has 0 saturated carbocycles. The highest BCUT2D eigenvalue weighted by atomic mass is 16.5. The van der Waals surface area contributed by atoms with Crippen molar-refractivity contribution in [2.45, 2.75) is 45.1 Å². The third-order valence-corrected chi connectivity index (χ3v) is 3.41. The number of ether oxygens (including phenoxy) is 1. The van der Waals surface area contributed by atoms with Crippen molar-refractivity contribution < 1.29 is 14.6 Å². The van der Waals surface area contributed by atoms with Gasteiger partial charge in [-0.15, -0.1) is 0 Å². The summed E-state index contributed by atoms with van der Waals surface area (Å²) in [6, 6.07) is 10.0. The van der Waals surface area contributed by atoms with Gasteiger partial charge in [0.2, 0.25) is 0 Å². The first-order chi connectivity index (χ1) is 9.19. The smallest absolute Gasteiger partial charge is 0.311 e. The highest BCUT2D eigenvalue weighted by Crippen LogP contribution is 2.19. The van der Waals surface area contributed by atoms with E-state index in [0.717, 1.165) is 19.3 Å². The molecule has 0 fully saturated rings. The molecule has 2 atom stereocenters. The zero-order chi connectivity index (χ0) is 14.1. The van der Waals surface area contributed by atoms with Gasteiger partial charge in [0.05, 0.1) is 19.1 Å². The first kappa shape index (κ1) is 15.7. The number of unbranched alkanes of at least 4 members (excludes halogenated alkanes) is 1. The van der Waals surface area contributed by atoms with Crippen LogP contribution in [0.4, 0.5) is 0 Å². The molecule has 0 aromatic heterocycles. The Labute approximate surface area is 115 Å². The van der Waals surface area contributed by atoms with Gasteiger partial charge in [0.1, 0.15) is 0 Å². The van der Waals surface area contributed by atoms with Gasteiger partial charge in [-0.1, -0.05) is 50.1 Å². The van der Waals surface area contributed by atoms with E-state index in [0.29, 0.717) is 12.8 Å². The van der Waals surface area contributed by atoms with Crippen LogP contribution in [-0.2, 0) is 16.0 Å². The van der Waals surface area contributed by atoms with Gasteiger partial charge in [0.25, 0.3) is 0 Å². The van der Waals surface area contributed by atoms with Gasteiger partial charge in [0.15, 0.2) is 0 Å². The number of esters is 1. The van der Waals surface area contributed by atoms with Crippen LogP contribution in [0.3, 0.4) is 0 Å². The third kappa shape index (κ3) is 5.43. The van der Waals surface area contributed by atoms with E-state index in [1.807, 2.05) is 30.3 Å². The van der Waals surface area contributed by atoms with Crippen molar-refractivity contribution in [3.8, 4) is 0 Å². The van der Waals surface area contributed by atoms with E-state index in [1.54, 1.807) is 0 Å². The standard InChI is InChI=1S/C16H24O3/c1-3-4-10-14(16(18)19-2)15(17)12-11-13-8-6-5-7-9-13/h5-9,14-15,17H,3-4,10-12H2,1-2H3. The number of methoxy groups -OCH3 is 1. The zero-order valence-corrected chi connectivity index (χ0v) is 11.8. The molecule has 19 heavy (non-hydrogen) atoms. The lowest BCUT2D eigenvalue weighted by Gasteiger charge is -2.20. The second kappa shape index (κ2) is 8.70. The van der Waals surface area contributed by atoms with Gasteiger partial charge in [-0.2, -0.15) is 0 Å². The van der Waals surface area contributed by atoms with Gasteiger partial charge < -0.3 is 9.84 Å². The molecule has 0 aliphatic carbocycles. The average molecular weight is 264 g/mol. The fourth-order valence-corrected chi connectivity index (χ4v) is 2.20. The monoisotopic (exact) mass is 264 g/mol. The Kier molecular flexibility index (Phi) is 7.19. The molecule has 3 heteroatoms. The first-order valence-electron chi connectivity index (χ1n) is 6.98. The molecule has 0 bridgehead atoms. The second-order valence-corrected chi connectivity index (χ2v) is 4.86. The van der Waals surface area contributed by atoms with Crippen molar-refractivity contribution in [3.05, 3.63) is 35.9 Å². The molecule has 0 aliphatic heterocycles. The highest BCUT2D eigenvalue weighted by Gasteiger charge is 2.26. The number of carbonyl (C=O) groups excluding carboxylic acids is 1. The average Bonchev–Trinajstić information content (AvgIpc) is 2.46. The predicted molar refractivity (Wildman–Crippen MR) is 75.8 cm³/mol. The molecule has 2 unspecified atom stereocenters. The quantitative estimate of drug-likeness (QED) is 0.734. The molecule has 1 N–H and O–H groups in total. The number of hydrogen-bond acceptors (Lipinski definition) is 3. The number of aliphatic hydroxyl groups is 1. The number of aryl methyl sites for hydroxylation is 1. The van der Waals surface area contributed by atoms with Gasteiger partial charge in [-0.3, -0.25) is 4.79 Å². The summed E-state index contributed by atoms with van der Waals surface area (Å²) in [6.45, 7) is 2.07. The Balaban J connectivity index is 2.51. The first-order valence-corrected chi connectivity index (χ1v) is 6.98. The summed E-state index contributed by atoms with van der Waals surface area (Å²) in [4.78, 5) is 11.7. The fraction of sp³-hybridized carbons (Fsp3) is 0.562. The lowest BCUT2D eigenvalue weighted by atomic mass is 9.92. The van der Waals surface area contributed by atoms with E-state index >= 15 is 0 Å².